The average molecular weight is 344 g/mol. The maximum atomic E-state index is 11.8. The van der Waals surface area contributed by atoms with Gasteiger partial charge in [0.2, 0.25) is 5.91 Å². The molecule has 0 aliphatic heterocycles. The fourth-order valence-corrected chi connectivity index (χ4v) is 2.51. The van der Waals surface area contributed by atoms with Crippen LogP contribution in [0, 0.1) is 0 Å². The summed E-state index contributed by atoms with van der Waals surface area (Å²) in [4.78, 5) is 13.4. The lowest BCUT2D eigenvalue weighted by Gasteiger charge is -2.20. The van der Waals surface area contributed by atoms with Crippen molar-refractivity contribution in [1.29, 1.82) is 0 Å². The standard InChI is InChI=1S/C10H15BrN2O2S.ClH/c1-13(10(14)8(12)5-15-2)4-7-3-9(11)16-6-7;/h3,6,8H,4-5,12H2,1-2H3;1H. The van der Waals surface area contributed by atoms with E-state index in [1.165, 1.54) is 7.11 Å². The molecule has 0 aromatic carbocycles. The number of rotatable bonds is 5. The molecule has 0 aliphatic carbocycles. The monoisotopic (exact) mass is 342 g/mol. The molecule has 98 valence electrons. The molecule has 17 heavy (non-hydrogen) atoms. The van der Waals surface area contributed by atoms with Gasteiger partial charge in [0.25, 0.3) is 0 Å². The van der Waals surface area contributed by atoms with E-state index in [2.05, 4.69) is 15.9 Å². The zero-order valence-electron chi connectivity index (χ0n) is 9.68. The molecule has 0 spiro atoms. The number of hydrogen-bond donors (Lipinski definition) is 1. The van der Waals surface area contributed by atoms with E-state index in [-0.39, 0.29) is 24.9 Å². The lowest BCUT2D eigenvalue weighted by Crippen LogP contribution is -2.44. The van der Waals surface area contributed by atoms with Crippen LogP contribution in [-0.4, -0.2) is 37.6 Å². The Labute approximate surface area is 120 Å². The van der Waals surface area contributed by atoms with Crippen LogP contribution < -0.4 is 5.73 Å². The summed E-state index contributed by atoms with van der Waals surface area (Å²) in [5.41, 5.74) is 6.76. The third kappa shape index (κ3) is 5.35. The lowest BCUT2D eigenvalue weighted by molar-refractivity contribution is -0.132. The van der Waals surface area contributed by atoms with Gasteiger partial charge < -0.3 is 15.4 Å². The largest absolute Gasteiger partial charge is 0.383 e. The molecule has 1 atom stereocenters. The Balaban J connectivity index is 0.00000256. The summed E-state index contributed by atoms with van der Waals surface area (Å²) < 4.78 is 5.91. The van der Waals surface area contributed by atoms with Crippen molar-refractivity contribution in [2.75, 3.05) is 20.8 Å². The summed E-state index contributed by atoms with van der Waals surface area (Å²) in [5, 5.41) is 2.01. The van der Waals surface area contributed by atoms with Crippen LogP contribution in [0.15, 0.2) is 15.2 Å². The molecule has 1 amide bonds. The van der Waals surface area contributed by atoms with Crippen molar-refractivity contribution >= 4 is 45.6 Å². The average Bonchev–Trinajstić information content (AvgIpc) is 2.63. The lowest BCUT2D eigenvalue weighted by atomic mass is 10.2. The molecule has 1 heterocycles. The van der Waals surface area contributed by atoms with Crippen LogP contribution in [0.2, 0.25) is 0 Å². The highest BCUT2D eigenvalue weighted by molar-refractivity contribution is 9.11. The Morgan fingerprint density at radius 2 is 2.35 bits per heavy atom. The molecule has 4 nitrogen and oxygen atoms in total. The Morgan fingerprint density at radius 1 is 1.71 bits per heavy atom. The van der Waals surface area contributed by atoms with Crippen LogP contribution in [0.3, 0.4) is 0 Å². The second kappa shape index (κ2) is 8.05. The minimum atomic E-state index is -0.586. The Hall–Kier alpha value is -0.140. The van der Waals surface area contributed by atoms with Gasteiger partial charge in [-0.15, -0.1) is 23.7 Å². The molecule has 0 aliphatic rings. The first-order chi connectivity index (χ1) is 7.54. The van der Waals surface area contributed by atoms with E-state index < -0.39 is 6.04 Å². The highest BCUT2D eigenvalue weighted by Gasteiger charge is 2.18. The number of hydrogen-bond acceptors (Lipinski definition) is 4. The summed E-state index contributed by atoms with van der Waals surface area (Å²) in [6.07, 6.45) is 0. The van der Waals surface area contributed by atoms with Gasteiger partial charge in [0.15, 0.2) is 0 Å². The highest BCUT2D eigenvalue weighted by Crippen LogP contribution is 2.21. The van der Waals surface area contributed by atoms with Crippen LogP contribution in [0.4, 0.5) is 0 Å². The van der Waals surface area contributed by atoms with Crippen LogP contribution in [-0.2, 0) is 16.1 Å². The molecule has 7 heteroatoms. The molecular weight excluding hydrogens is 328 g/mol. The summed E-state index contributed by atoms with van der Waals surface area (Å²) in [7, 11) is 3.27. The Kier molecular flexibility index (Phi) is 7.98. The predicted molar refractivity (Wildman–Crippen MR) is 75.6 cm³/mol. The number of thiophene rings is 1. The number of nitrogens with two attached hydrogens (primary N) is 1. The maximum Gasteiger partial charge on any atom is 0.241 e. The van der Waals surface area contributed by atoms with Gasteiger partial charge in [-0.2, -0.15) is 0 Å². The van der Waals surface area contributed by atoms with Gasteiger partial charge in [-0.25, -0.2) is 0 Å². The van der Waals surface area contributed by atoms with Crippen molar-refractivity contribution in [2.45, 2.75) is 12.6 Å². The number of carbonyl (C=O) groups is 1. The quantitative estimate of drug-likeness (QED) is 0.888. The second-order valence-corrected chi connectivity index (χ2v) is 5.81. The maximum absolute atomic E-state index is 11.8. The molecular formula is C10H16BrClN2O2S. The number of ether oxygens (including phenoxy) is 1. The zero-order chi connectivity index (χ0) is 12.1. The van der Waals surface area contributed by atoms with Gasteiger partial charge in [0, 0.05) is 20.7 Å². The first kappa shape index (κ1) is 16.9. The summed E-state index contributed by atoms with van der Waals surface area (Å²) in [6, 6.07) is 1.41. The molecule has 0 radical (unpaired) electrons. The topological polar surface area (TPSA) is 55.6 Å². The van der Waals surface area contributed by atoms with Crippen LogP contribution >= 0.6 is 39.7 Å². The number of methoxy groups -OCH3 is 1. The van der Waals surface area contributed by atoms with Crippen LogP contribution in [0.5, 0.6) is 0 Å². The van der Waals surface area contributed by atoms with Crippen molar-refractivity contribution in [3.8, 4) is 0 Å². The van der Waals surface area contributed by atoms with Gasteiger partial charge in [0.05, 0.1) is 10.4 Å². The van der Waals surface area contributed by atoms with Gasteiger partial charge >= 0.3 is 0 Å². The highest BCUT2D eigenvalue weighted by atomic mass is 79.9. The predicted octanol–water partition coefficient (Wildman–Crippen LogP) is 1.86. The Bertz CT molecular complexity index is 362. The van der Waals surface area contributed by atoms with Crippen molar-refractivity contribution < 1.29 is 9.53 Å². The van der Waals surface area contributed by atoms with Crippen molar-refractivity contribution in [3.63, 3.8) is 0 Å². The molecule has 1 rings (SSSR count). The van der Waals surface area contributed by atoms with E-state index in [4.69, 9.17) is 10.5 Å². The minimum absolute atomic E-state index is 0. The van der Waals surface area contributed by atoms with Gasteiger partial charge in [-0.1, -0.05) is 0 Å². The first-order valence-electron chi connectivity index (χ1n) is 4.77. The van der Waals surface area contributed by atoms with E-state index in [1.807, 2.05) is 11.4 Å². The molecule has 0 saturated heterocycles. The van der Waals surface area contributed by atoms with Crippen molar-refractivity contribution in [2.24, 2.45) is 5.73 Å². The van der Waals surface area contributed by atoms with E-state index in [0.717, 1.165) is 9.35 Å². The van der Waals surface area contributed by atoms with Gasteiger partial charge in [-0.05, 0) is 32.9 Å². The molecule has 1 aromatic heterocycles. The third-order valence-corrected chi connectivity index (χ3v) is 3.63. The van der Waals surface area contributed by atoms with E-state index in [1.54, 1.807) is 23.3 Å². The third-order valence-electron chi connectivity index (χ3n) is 2.08. The minimum Gasteiger partial charge on any atom is -0.383 e. The van der Waals surface area contributed by atoms with E-state index >= 15 is 0 Å². The number of likely N-dealkylation sites (N-methyl/N-ethyl adjacent to an activating group) is 1. The van der Waals surface area contributed by atoms with Gasteiger partial charge in [0.1, 0.15) is 6.04 Å². The normalized spacial score (nSPS) is 11.8. The van der Waals surface area contributed by atoms with Crippen molar-refractivity contribution in [1.82, 2.24) is 4.90 Å². The van der Waals surface area contributed by atoms with Gasteiger partial charge in [-0.3, -0.25) is 4.79 Å². The molecule has 2 N–H and O–H groups in total. The van der Waals surface area contributed by atoms with Crippen LogP contribution in [0.25, 0.3) is 0 Å². The molecule has 0 saturated carbocycles. The number of amides is 1. The molecule has 0 fully saturated rings. The van der Waals surface area contributed by atoms with Crippen molar-refractivity contribution in [3.05, 3.63) is 20.8 Å². The number of carbonyl (C=O) groups excluding carboxylic acids is 1. The fourth-order valence-electron chi connectivity index (χ4n) is 1.31. The SMILES string of the molecule is COCC(N)C(=O)N(C)Cc1csc(Br)c1.Cl. The zero-order valence-corrected chi connectivity index (χ0v) is 12.9. The fraction of sp³-hybridized carbons (Fsp3) is 0.500. The summed E-state index contributed by atoms with van der Waals surface area (Å²) >= 11 is 4.98. The molecule has 0 bridgehead atoms. The molecule has 1 unspecified atom stereocenters. The molecule has 1 aromatic rings. The second-order valence-electron chi connectivity index (χ2n) is 3.52. The number of nitrogens with zero attached hydrogens (tertiary/aromatic N) is 1. The summed E-state index contributed by atoms with van der Waals surface area (Å²) in [5.74, 6) is -0.107. The summed E-state index contributed by atoms with van der Waals surface area (Å²) in [6.45, 7) is 0.814. The smallest absolute Gasteiger partial charge is 0.241 e. The van der Waals surface area contributed by atoms with Crippen LogP contribution in [0.1, 0.15) is 5.56 Å². The van der Waals surface area contributed by atoms with E-state index in [9.17, 15) is 4.79 Å². The first-order valence-corrected chi connectivity index (χ1v) is 6.44. The number of halogens is 2. The van der Waals surface area contributed by atoms with E-state index in [0.29, 0.717) is 6.54 Å². The Morgan fingerprint density at radius 3 is 2.82 bits per heavy atom.